The highest BCUT2D eigenvalue weighted by atomic mass is 19.3. The first-order chi connectivity index (χ1) is 11.7. The molecule has 0 aromatic carbocycles. The van der Waals surface area contributed by atoms with E-state index >= 15 is 0 Å². The van der Waals surface area contributed by atoms with E-state index in [1.54, 1.807) is 7.11 Å². The second-order valence-electron chi connectivity index (χ2n) is 7.20. The van der Waals surface area contributed by atoms with Gasteiger partial charge in [0, 0.05) is 7.11 Å². The van der Waals surface area contributed by atoms with Crippen molar-refractivity contribution in [1.29, 1.82) is 0 Å². The quantitative estimate of drug-likeness (QED) is 0.530. The van der Waals surface area contributed by atoms with Crippen LogP contribution in [0, 0.1) is 11.8 Å². The number of unbranched alkanes of at least 4 members (excludes halogenated alkanes) is 2. The van der Waals surface area contributed by atoms with Crippen molar-refractivity contribution in [2.45, 2.75) is 76.6 Å². The minimum Gasteiger partial charge on any atom is -0.377 e. The summed E-state index contributed by atoms with van der Waals surface area (Å²) in [5.74, 6) is 1.59. The van der Waals surface area contributed by atoms with E-state index in [2.05, 4.69) is 0 Å². The fourth-order valence-electron chi connectivity index (χ4n) is 3.80. The van der Waals surface area contributed by atoms with Crippen LogP contribution < -0.4 is 0 Å². The summed E-state index contributed by atoms with van der Waals surface area (Å²) in [5, 5.41) is 0. The molecule has 0 bridgehead atoms. The van der Waals surface area contributed by atoms with E-state index < -0.39 is 6.08 Å². The molecule has 2 aliphatic rings. The fourth-order valence-corrected chi connectivity index (χ4v) is 3.80. The van der Waals surface area contributed by atoms with Gasteiger partial charge in [-0.1, -0.05) is 38.5 Å². The van der Waals surface area contributed by atoms with Crippen molar-refractivity contribution in [2.75, 3.05) is 20.3 Å². The maximum absolute atomic E-state index is 11.9. The highest BCUT2D eigenvalue weighted by molar-refractivity contribution is 4.80. The molecule has 0 amide bonds. The van der Waals surface area contributed by atoms with Gasteiger partial charge >= 0.3 is 0 Å². The summed E-state index contributed by atoms with van der Waals surface area (Å²) in [7, 11) is 1.69. The van der Waals surface area contributed by atoms with Gasteiger partial charge < -0.3 is 14.2 Å². The van der Waals surface area contributed by atoms with Gasteiger partial charge in [0.15, 0.2) is 6.29 Å². The normalized spacial score (nSPS) is 31.0. The molecule has 0 spiro atoms. The van der Waals surface area contributed by atoms with Crippen LogP contribution in [0.1, 0.15) is 64.2 Å². The smallest absolute Gasteiger partial charge is 0.266 e. The molecular weight excluding hydrogens is 314 g/mol. The third-order valence-electron chi connectivity index (χ3n) is 5.41. The van der Waals surface area contributed by atoms with E-state index in [1.807, 2.05) is 0 Å². The summed E-state index contributed by atoms with van der Waals surface area (Å²) in [6.45, 7) is 1.27. The molecule has 0 unspecified atom stereocenters. The molecule has 2 rings (SSSR count). The number of hydrogen-bond acceptors (Lipinski definition) is 3. The van der Waals surface area contributed by atoms with Gasteiger partial charge in [-0.3, -0.25) is 0 Å². The Balaban J connectivity index is 1.49. The van der Waals surface area contributed by atoms with Crippen LogP contribution in [0.5, 0.6) is 0 Å². The molecule has 3 nitrogen and oxygen atoms in total. The average Bonchev–Trinajstić information content (AvgIpc) is 2.61. The lowest BCUT2D eigenvalue weighted by molar-refractivity contribution is -0.224. The maximum atomic E-state index is 11.9. The molecule has 0 aromatic heterocycles. The Labute approximate surface area is 144 Å². The van der Waals surface area contributed by atoms with Crippen molar-refractivity contribution in [2.24, 2.45) is 11.8 Å². The fraction of sp³-hybridized carbons (Fsp3) is 0.895. The minimum atomic E-state index is -1.54. The van der Waals surface area contributed by atoms with E-state index in [4.69, 9.17) is 14.2 Å². The SMILES string of the molecule is COC1COC(CCC2CCC(CCCCC=C(F)F)CC2)OC1. The summed E-state index contributed by atoms with van der Waals surface area (Å²) >= 11 is 0. The Morgan fingerprint density at radius 1 is 0.958 bits per heavy atom. The first-order valence-electron chi connectivity index (χ1n) is 9.44. The topological polar surface area (TPSA) is 27.7 Å². The summed E-state index contributed by atoms with van der Waals surface area (Å²) < 4.78 is 40.5. The molecule has 0 N–H and O–H groups in total. The van der Waals surface area contributed by atoms with Crippen molar-refractivity contribution in [3.63, 3.8) is 0 Å². The van der Waals surface area contributed by atoms with Gasteiger partial charge in [-0.15, -0.1) is 0 Å². The van der Waals surface area contributed by atoms with Crippen molar-refractivity contribution < 1.29 is 23.0 Å². The molecule has 1 heterocycles. The zero-order valence-corrected chi connectivity index (χ0v) is 14.9. The Morgan fingerprint density at radius 2 is 1.58 bits per heavy atom. The van der Waals surface area contributed by atoms with Gasteiger partial charge in [0.1, 0.15) is 6.10 Å². The third kappa shape index (κ3) is 7.58. The lowest BCUT2D eigenvalue weighted by Crippen LogP contribution is -2.37. The number of halogens is 2. The summed E-state index contributed by atoms with van der Waals surface area (Å²) in [6.07, 6.45) is 10.5. The van der Waals surface area contributed by atoms with E-state index in [1.165, 1.54) is 38.5 Å². The summed E-state index contributed by atoms with van der Waals surface area (Å²) in [4.78, 5) is 0. The predicted octanol–water partition coefficient (Wildman–Crippen LogP) is 5.30. The Morgan fingerprint density at radius 3 is 2.17 bits per heavy atom. The Bertz CT molecular complexity index is 356. The van der Waals surface area contributed by atoms with Crippen molar-refractivity contribution >= 4 is 0 Å². The zero-order valence-electron chi connectivity index (χ0n) is 14.9. The first-order valence-corrected chi connectivity index (χ1v) is 9.44. The molecule has 1 saturated carbocycles. The van der Waals surface area contributed by atoms with Crippen molar-refractivity contribution in [1.82, 2.24) is 0 Å². The van der Waals surface area contributed by atoms with Crippen LogP contribution in [0.3, 0.4) is 0 Å². The van der Waals surface area contributed by atoms with E-state index in [9.17, 15) is 8.78 Å². The predicted molar refractivity (Wildman–Crippen MR) is 89.9 cm³/mol. The van der Waals surface area contributed by atoms with E-state index in [-0.39, 0.29) is 12.4 Å². The van der Waals surface area contributed by atoms with Crippen LogP contribution in [0.15, 0.2) is 12.2 Å². The second kappa shape index (κ2) is 11.2. The van der Waals surface area contributed by atoms with E-state index in [0.717, 1.165) is 37.2 Å². The lowest BCUT2D eigenvalue weighted by Gasteiger charge is -2.32. The number of methoxy groups -OCH3 is 1. The molecule has 1 saturated heterocycles. The van der Waals surface area contributed by atoms with Gasteiger partial charge in [-0.2, -0.15) is 8.78 Å². The van der Waals surface area contributed by atoms with Crippen LogP contribution in [-0.2, 0) is 14.2 Å². The average molecular weight is 346 g/mol. The third-order valence-corrected chi connectivity index (χ3v) is 5.41. The van der Waals surface area contributed by atoms with Gasteiger partial charge in [0.05, 0.1) is 13.2 Å². The van der Waals surface area contributed by atoms with Crippen molar-refractivity contribution in [3.8, 4) is 0 Å². The molecule has 5 heteroatoms. The van der Waals surface area contributed by atoms with Gasteiger partial charge in [-0.05, 0) is 43.6 Å². The Hall–Kier alpha value is -0.520. The minimum absolute atomic E-state index is 0.0573. The molecule has 1 aliphatic carbocycles. The second-order valence-corrected chi connectivity index (χ2v) is 7.20. The monoisotopic (exact) mass is 346 g/mol. The summed E-state index contributed by atoms with van der Waals surface area (Å²) in [5.41, 5.74) is 0. The van der Waals surface area contributed by atoms with Gasteiger partial charge in [0.25, 0.3) is 6.08 Å². The standard InChI is InChI=1S/C19H32F2O3/c1-22-17-13-23-19(24-14-17)12-11-16-9-7-15(8-10-16)5-3-2-4-6-18(20)21/h6,15-17,19H,2-5,7-14H2,1H3. The van der Waals surface area contributed by atoms with Crippen LogP contribution in [0.4, 0.5) is 8.78 Å². The van der Waals surface area contributed by atoms with Crippen LogP contribution >= 0.6 is 0 Å². The van der Waals surface area contributed by atoms with Crippen molar-refractivity contribution in [3.05, 3.63) is 12.2 Å². The Kier molecular flexibility index (Phi) is 9.21. The maximum Gasteiger partial charge on any atom is 0.266 e. The largest absolute Gasteiger partial charge is 0.377 e. The number of allylic oxidation sites excluding steroid dienone is 1. The lowest BCUT2D eigenvalue weighted by atomic mass is 9.78. The number of ether oxygens (including phenoxy) is 3. The van der Waals surface area contributed by atoms with Crippen LogP contribution in [0.25, 0.3) is 0 Å². The summed E-state index contributed by atoms with van der Waals surface area (Å²) in [6, 6.07) is 0. The number of rotatable bonds is 9. The molecule has 0 aromatic rings. The zero-order chi connectivity index (χ0) is 17.2. The number of hydrogen-bond donors (Lipinski definition) is 0. The molecule has 0 atom stereocenters. The van der Waals surface area contributed by atoms with Gasteiger partial charge in [0.2, 0.25) is 0 Å². The highest BCUT2D eigenvalue weighted by Gasteiger charge is 2.25. The molecule has 1 aliphatic heterocycles. The van der Waals surface area contributed by atoms with E-state index in [0.29, 0.717) is 19.6 Å². The van der Waals surface area contributed by atoms with Crippen LogP contribution in [0.2, 0.25) is 0 Å². The molecule has 24 heavy (non-hydrogen) atoms. The highest BCUT2D eigenvalue weighted by Crippen LogP contribution is 2.34. The molecular formula is C19H32F2O3. The first kappa shape index (κ1) is 19.8. The van der Waals surface area contributed by atoms with Gasteiger partial charge in [-0.25, -0.2) is 0 Å². The molecule has 0 radical (unpaired) electrons. The molecule has 140 valence electrons. The van der Waals surface area contributed by atoms with Crippen LogP contribution in [-0.4, -0.2) is 32.7 Å². The molecule has 2 fully saturated rings.